The Morgan fingerprint density at radius 1 is 1.40 bits per heavy atom. The number of ether oxygens (including phenoxy) is 1. The van der Waals surface area contributed by atoms with Crippen LogP contribution in [0.2, 0.25) is 5.02 Å². The molecule has 0 spiro atoms. The maximum atomic E-state index is 11.9. The Morgan fingerprint density at radius 3 is 2.60 bits per heavy atom. The van der Waals surface area contributed by atoms with Crippen LogP contribution in [-0.4, -0.2) is 12.4 Å². The predicted molar refractivity (Wildman–Crippen MR) is 45.9 cm³/mol. The number of halogens is 4. The molecule has 1 aromatic rings. The van der Waals surface area contributed by atoms with Crippen LogP contribution in [0.4, 0.5) is 18.9 Å². The molecule has 0 aromatic heterocycles. The first kappa shape index (κ1) is 11.6. The van der Waals surface area contributed by atoms with Crippen molar-refractivity contribution in [1.29, 1.82) is 0 Å². The molecule has 0 unspecified atom stereocenters. The minimum atomic E-state index is -4.85. The molecule has 0 saturated heterocycles. The van der Waals surface area contributed by atoms with Gasteiger partial charge in [-0.05, 0) is 18.2 Å². The van der Waals surface area contributed by atoms with Crippen LogP contribution in [0.15, 0.2) is 23.2 Å². The second kappa shape index (κ2) is 4.33. The molecule has 15 heavy (non-hydrogen) atoms. The number of nitrogens with zero attached hydrogens (tertiary/aromatic N) is 1. The summed E-state index contributed by atoms with van der Waals surface area (Å²) in [6.45, 7) is 0. The van der Waals surface area contributed by atoms with E-state index in [0.717, 1.165) is 18.2 Å². The monoisotopic (exact) mass is 237 g/mol. The topological polar surface area (TPSA) is 38.7 Å². The highest BCUT2D eigenvalue weighted by atomic mass is 35.5. The first-order chi connectivity index (χ1) is 6.92. The first-order valence-corrected chi connectivity index (χ1v) is 3.93. The van der Waals surface area contributed by atoms with Crippen molar-refractivity contribution in [3.05, 3.63) is 23.2 Å². The van der Waals surface area contributed by atoms with Crippen LogP contribution < -0.4 is 4.74 Å². The highest BCUT2D eigenvalue weighted by Crippen LogP contribution is 2.34. The Bertz CT molecular complexity index is 413. The second-order valence-corrected chi connectivity index (χ2v) is 2.80. The molecule has 1 rings (SSSR count). The predicted octanol–water partition coefficient (Wildman–Crippen LogP) is 3.21. The first-order valence-electron chi connectivity index (χ1n) is 3.55. The highest BCUT2D eigenvalue weighted by molar-refractivity contribution is 6.30. The van der Waals surface area contributed by atoms with Crippen LogP contribution >= 0.6 is 11.6 Å². The van der Waals surface area contributed by atoms with E-state index in [-0.39, 0.29) is 10.7 Å². The molecule has 0 atom stereocenters. The molecule has 0 amide bonds. The summed E-state index contributed by atoms with van der Waals surface area (Å²) in [7, 11) is 0. The molecular weight excluding hydrogens is 235 g/mol. The van der Waals surface area contributed by atoms with Gasteiger partial charge < -0.3 is 4.74 Å². The van der Waals surface area contributed by atoms with Crippen molar-refractivity contribution in [3.8, 4) is 5.75 Å². The summed E-state index contributed by atoms with van der Waals surface area (Å²) in [4.78, 5) is 13.0. The van der Waals surface area contributed by atoms with Gasteiger partial charge in [0.2, 0.25) is 6.08 Å². The Labute approximate surface area is 87.1 Å². The number of carbonyl (C=O) groups excluding carboxylic acids is 1. The Hall–Kier alpha value is -1.52. The minimum absolute atomic E-state index is 0.138. The maximum Gasteiger partial charge on any atom is 0.573 e. The second-order valence-electron chi connectivity index (χ2n) is 2.36. The number of alkyl halides is 3. The lowest BCUT2D eigenvalue weighted by atomic mass is 10.3. The molecule has 0 radical (unpaired) electrons. The van der Waals surface area contributed by atoms with Crippen molar-refractivity contribution in [2.24, 2.45) is 4.99 Å². The number of rotatable bonds is 2. The summed E-state index contributed by atoms with van der Waals surface area (Å²) >= 11 is 5.50. The number of hydrogen-bond acceptors (Lipinski definition) is 3. The van der Waals surface area contributed by atoms with Crippen molar-refractivity contribution >= 4 is 23.4 Å². The largest absolute Gasteiger partial charge is 0.573 e. The van der Waals surface area contributed by atoms with Gasteiger partial charge in [0.25, 0.3) is 0 Å². The fourth-order valence-corrected chi connectivity index (χ4v) is 1.00. The van der Waals surface area contributed by atoms with Crippen LogP contribution in [0.25, 0.3) is 0 Å². The van der Waals surface area contributed by atoms with Gasteiger partial charge in [-0.25, -0.2) is 4.79 Å². The van der Waals surface area contributed by atoms with E-state index < -0.39 is 12.1 Å². The molecule has 3 nitrogen and oxygen atoms in total. The van der Waals surface area contributed by atoms with Gasteiger partial charge in [0.05, 0.1) is 0 Å². The third-order valence-electron chi connectivity index (χ3n) is 1.31. The lowest BCUT2D eigenvalue weighted by Gasteiger charge is -2.10. The molecule has 0 N–H and O–H groups in total. The summed E-state index contributed by atoms with van der Waals surface area (Å²) in [5, 5.41) is 0.138. The number of isocyanates is 1. The highest BCUT2D eigenvalue weighted by Gasteiger charge is 2.32. The summed E-state index contributed by atoms with van der Waals surface area (Å²) in [6.07, 6.45) is -3.74. The third-order valence-corrected chi connectivity index (χ3v) is 1.55. The van der Waals surface area contributed by atoms with Crippen LogP contribution in [0.1, 0.15) is 0 Å². The van der Waals surface area contributed by atoms with Crippen molar-refractivity contribution in [1.82, 2.24) is 0 Å². The molecule has 0 aliphatic carbocycles. The molecule has 0 bridgehead atoms. The summed E-state index contributed by atoms with van der Waals surface area (Å²) in [5.74, 6) is -0.602. The van der Waals surface area contributed by atoms with Crippen LogP contribution in [0, 0.1) is 0 Å². The van der Waals surface area contributed by atoms with E-state index in [4.69, 9.17) is 11.6 Å². The maximum absolute atomic E-state index is 11.9. The van der Waals surface area contributed by atoms with Crippen molar-refractivity contribution in [2.75, 3.05) is 0 Å². The fraction of sp³-hybridized carbons (Fsp3) is 0.125. The van der Waals surface area contributed by atoms with Gasteiger partial charge in [-0.15, -0.1) is 13.2 Å². The molecule has 0 aliphatic heterocycles. The Kier molecular flexibility index (Phi) is 3.34. The molecule has 0 aliphatic rings. The quantitative estimate of drug-likeness (QED) is 0.585. The summed E-state index contributed by atoms with van der Waals surface area (Å²) in [6, 6.07) is 3.21. The van der Waals surface area contributed by atoms with Crippen LogP contribution in [0.3, 0.4) is 0 Å². The lowest BCUT2D eigenvalue weighted by molar-refractivity contribution is -0.274. The Balaban J connectivity index is 3.11. The van der Waals surface area contributed by atoms with E-state index in [2.05, 4.69) is 9.73 Å². The molecule has 0 saturated carbocycles. The standard InChI is InChI=1S/C8H3ClF3NO2/c9-5-1-2-7(15-8(10,11)12)6(3-5)13-4-14/h1-3H. The van der Waals surface area contributed by atoms with Gasteiger partial charge in [0.1, 0.15) is 5.69 Å². The van der Waals surface area contributed by atoms with Crippen LogP contribution in [-0.2, 0) is 4.79 Å². The van der Waals surface area contributed by atoms with Crippen molar-refractivity contribution < 1.29 is 22.7 Å². The van der Waals surface area contributed by atoms with Gasteiger partial charge in [-0.2, -0.15) is 4.99 Å². The van der Waals surface area contributed by atoms with Crippen molar-refractivity contribution in [3.63, 3.8) is 0 Å². The smallest absolute Gasteiger partial charge is 0.403 e. The molecule has 0 heterocycles. The average molecular weight is 238 g/mol. The van der Waals surface area contributed by atoms with E-state index in [1.807, 2.05) is 0 Å². The third kappa shape index (κ3) is 3.61. The molecule has 80 valence electrons. The zero-order valence-electron chi connectivity index (χ0n) is 7.01. The van der Waals surface area contributed by atoms with E-state index >= 15 is 0 Å². The Morgan fingerprint density at radius 2 is 2.07 bits per heavy atom. The zero-order valence-corrected chi connectivity index (χ0v) is 7.76. The number of benzene rings is 1. The van der Waals surface area contributed by atoms with Gasteiger partial charge >= 0.3 is 6.36 Å². The van der Waals surface area contributed by atoms with Gasteiger partial charge in [0, 0.05) is 5.02 Å². The zero-order chi connectivity index (χ0) is 11.5. The van der Waals surface area contributed by atoms with Crippen molar-refractivity contribution in [2.45, 2.75) is 6.36 Å². The average Bonchev–Trinajstić information content (AvgIpc) is 2.08. The van der Waals surface area contributed by atoms with E-state index in [0.29, 0.717) is 0 Å². The molecular formula is C8H3ClF3NO2. The number of hydrogen-bond donors (Lipinski definition) is 0. The normalized spacial score (nSPS) is 10.7. The van der Waals surface area contributed by atoms with E-state index in [1.165, 1.54) is 6.07 Å². The van der Waals surface area contributed by atoms with E-state index in [9.17, 15) is 18.0 Å². The van der Waals surface area contributed by atoms with Gasteiger partial charge in [-0.3, -0.25) is 0 Å². The summed E-state index contributed by atoms with van der Waals surface area (Å²) < 4.78 is 39.2. The van der Waals surface area contributed by atoms with Crippen LogP contribution in [0.5, 0.6) is 5.75 Å². The van der Waals surface area contributed by atoms with Gasteiger partial charge in [-0.1, -0.05) is 11.6 Å². The fourth-order valence-electron chi connectivity index (χ4n) is 0.838. The van der Waals surface area contributed by atoms with Gasteiger partial charge in [0.15, 0.2) is 5.75 Å². The minimum Gasteiger partial charge on any atom is -0.403 e. The molecule has 7 heteroatoms. The lowest BCUT2D eigenvalue weighted by Crippen LogP contribution is -2.17. The molecule has 1 aromatic carbocycles. The summed E-state index contributed by atoms with van der Waals surface area (Å²) in [5.41, 5.74) is -0.324. The number of aliphatic imine (C=N–C) groups is 1. The molecule has 0 fully saturated rings. The SMILES string of the molecule is O=C=Nc1cc(Cl)ccc1OC(F)(F)F. The van der Waals surface area contributed by atoms with E-state index in [1.54, 1.807) is 0 Å².